The molecule has 20 heavy (non-hydrogen) atoms. The Balaban J connectivity index is 1.83. The number of hydrogen-bond acceptors (Lipinski definition) is 4. The minimum atomic E-state index is -0.0368. The van der Waals surface area contributed by atoms with E-state index in [4.69, 9.17) is 0 Å². The van der Waals surface area contributed by atoms with Crippen molar-refractivity contribution in [2.24, 2.45) is 0 Å². The maximum Gasteiger partial charge on any atom is 0.266 e. The third kappa shape index (κ3) is 2.57. The number of anilines is 1. The van der Waals surface area contributed by atoms with Crippen LogP contribution in [0.1, 0.15) is 18.5 Å². The van der Waals surface area contributed by atoms with Gasteiger partial charge in [-0.05, 0) is 38.0 Å². The minimum Gasteiger partial charge on any atom is -0.367 e. The second-order valence-electron chi connectivity index (χ2n) is 5.19. The van der Waals surface area contributed by atoms with Gasteiger partial charge in [0.15, 0.2) is 0 Å². The standard InChI is InChI=1S/C15H18N4O/c1-12-10-13(6-8-16-12)18-9-3-4-14(18)11-19-15(20)5-2-7-17-19/h2,5-8,10,14H,3-4,9,11H2,1H3. The third-order valence-corrected chi connectivity index (χ3v) is 3.76. The van der Waals surface area contributed by atoms with E-state index in [1.54, 1.807) is 23.0 Å². The summed E-state index contributed by atoms with van der Waals surface area (Å²) in [5.41, 5.74) is 2.16. The van der Waals surface area contributed by atoms with Crippen molar-refractivity contribution < 1.29 is 0 Å². The highest BCUT2D eigenvalue weighted by Gasteiger charge is 2.25. The Morgan fingerprint density at radius 2 is 2.25 bits per heavy atom. The van der Waals surface area contributed by atoms with Crippen LogP contribution >= 0.6 is 0 Å². The van der Waals surface area contributed by atoms with Crippen molar-refractivity contribution in [1.29, 1.82) is 0 Å². The van der Waals surface area contributed by atoms with E-state index >= 15 is 0 Å². The fourth-order valence-corrected chi connectivity index (χ4v) is 2.80. The van der Waals surface area contributed by atoms with Crippen LogP contribution in [0.2, 0.25) is 0 Å². The first-order valence-electron chi connectivity index (χ1n) is 6.95. The van der Waals surface area contributed by atoms with Gasteiger partial charge in [-0.1, -0.05) is 0 Å². The van der Waals surface area contributed by atoms with Crippen molar-refractivity contribution in [3.8, 4) is 0 Å². The van der Waals surface area contributed by atoms with Crippen LogP contribution in [0.15, 0.2) is 41.5 Å². The zero-order chi connectivity index (χ0) is 13.9. The Hall–Kier alpha value is -2.17. The quantitative estimate of drug-likeness (QED) is 0.850. The summed E-state index contributed by atoms with van der Waals surface area (Å²) < 4.78 is 1.55. The normalized spacial score (nSPS) is 18.4. The maximum absolute atomic E-state index is 11.8. The first-order valence-corrected chi connectivity index (χ1v) is 6.95. The minimum absolute atomic E-state index is 0.0368. The molecule has 0 bridgehead atoms. The van der Waals surface area contributed by atoms with Gasteiger partial charge in [-0.25, -0.2) is 4.68 Å². The van der Waals surface area contributed by atoms with E-state index in [1.807, 2.05) is 19.2 Å². The highest BCUT2D eigenvalue weighted by Crippen LogP contribution is 2.26. The molecule has 104 valence electrons. The maximum atomic E-state index is 11.8. The number of aromatic nitrogens is 3. The average molecular weight is 270 g/mol. The second-order valence-corrected chi connectivity index (χ2v) is 5.19. The fraction of sp³-hybridized carbons (Fsp3) is 0.400. The molecule has 0 radical (unpaired) electrons. The molecular weight excluding hydrogens is 252 g/mol. The molecule has 5 heteroatoms. The number of pyridine rings is 1. The molecule has 0 aliphatic carbocycles. The van der Waals surface area contributed by atoms with Crippen LogP contribution in [-0.4, -0.2) is 27.4 Å². The number of nitrogens with zero attached hydrogens (tertiary/aromatic N) is 4. The van der Waals surface area contributed by atoms with Crippen molar-refractivity contribution in [2.45, 2.75) is 32.4 Å². The first kappa shape index (κ1) is 12.8. The van der Waals surface area contributed by atoms with E-state index in [-0.39, 0.29) is 5.56 Å². The van der Waals surface area contributed by atoms with Gasteiger partial charge in [0.1, 0.15) is 0 Å². The Bertz CT molecular complexity index is 652. The molecule has 0 aromatic carbocycles. The zero-order valence-corrected chi connectivity index (χ0v) is 11.6. The highest BCUT2D eigenvalue weighted by molar-refractivity contribution is 5.48. The Morgan fingerprint density at radius 1 is 1.35 bits per heavy atom. The van der Waals surface area contributed by atoms with Crippen LogP contribution in [0.3, 0.4) is 0 Å². The van der Waals surface area contributed by atoms with Gasteiger partial charge in [0, 0.05) is 42.4 Å². The van der Waals surface area contributed by atoms with E-state index in [1.165, 1.54) is 5.69 Å². The molecule has 1 unspecified atom stereocenters. The lowest BCUT2D eigenvalue weighted by Gasteiger charge is -2.27. The van der Waals surface area contributed by atoms with Gasteiger partial charge >= 0.3 is 0 Å². The molecular formula is C15H18N4O. The fourth-order valence-electron chi connectivity index (χ4n) is 2.80. The van der Waals surface area contributed by atoms with Gasteiger partial charge in [0.2, 0.25) is 0 Å². The second kappa shape index (κ2) is 5.45. The van der Waals surface area contributed by atoms with Crippen molar-refractivity contribution in [3.05, 3.63) is 52.7 Å². The lowest BCUT2D eigenvalue weighted by molar-refractivity contribution is 0.488. The topological polar surface area (TPSA) is 51.0 Å². The molecule has 1 aliphatic rings. The van der Waals surface area contributed by atoms with Crippen LogP contribution in [0, 0.1) is 6.92 Å². The zero-order valence-electron chi connectivity index (χ0n) is 11.6. The molecule has 3 heterocycles. The molecule has 0 N–H and O–H groups in total. The smallest absolute Gasteiger partial charge is 0.266 e. The van der Waals surface area contributed by atoms with E-state index < -0.39 is 0 Å². The SMILES string of the molecule is Cc1cc(N2CCCC2Cn2ncccc2=O)ccn1. The molecule has 1 saturated heterocycles. The molecule has 1 aliphatic heterocycles. The predicted molar refractivity (Wildman–Crippen MR) is 77.8 cm³/mol. The van der Waals surface area contributed by atoms with Crippen molar-refractivity contribution >= 4 is 5.69 Å². The lowest BCUT2D eigenvalue weighted by atomic mass is 10.2. The monoisotopic (exact) mass is 270 g/mol. The largest absolute Gasteiger partial charge is 0.367 e. The highest BCUT2D eigenvalue weighted by atomic mass is 16.1. The van der Waals surface area contributed by atoms with E-state index in [0.717, 1.165) is 25.1 Å². The lowest BCUT2D eigenvalue weighted by Crippen LogP contribution is -2.36. The van der Waals surface area contributed by atoms with Gasteiger partial charge in [-0.2, -0.15) is 5.10 Å². The number of hydrogen-bond donors (Lipinski definition) is 0. The van der Waals surface area contributed by atoms with Gasteiger partial charge in [0.05, 0.1) is 6.54 Å². The Labute approximate surface area is 117 Å². The summed E-state index contributed by atoms with van der Waals surface area (Å²) in [5.74, 6) is 0. The van der Waals surface area contributed by atoms with Gasteiger partial charge in [-0.15, -0.1) is 0 Å². The summed E-state index contributed by atoms with van der Waals surface area (Å²) in [5, 5.41) is 4.15. The average Bonchev–Trinajstić information content (AvgIpc) is 2.90. The van der Waals surface area contributed by atoms with Crippen LogP contribution in [0.25, 0.3) is 0 Å². The summed E-state index contributed by atoms with van der Waals surface area (Å²) in [4.78, 5) is 18.4. The number of rotatable bonds is 3. The first-order chi connectivity index (χ1) is 9.74. The Morgan fingerprint density at radius 3 is 3.05 bits per heavy atom. The van der Waals surface area contributed by atoms with Crippen LogP contribution in [0.5, 0.6) is 0 Å². The van der Waals surface area contributed by atoms with Crippen LogP contribution in [0.4, 0.5) is 5.69 Å². The Kier molecular flexibility index (Phi) is 3.50. The summed E-state index contributed by atoms with van der Waals surface area (Å²) in [7, 11) is 0. The molecule has 2 aromatic rings. The molecule has 5 nitrogen and oxygen atoms in total. The summed E-state index contributed by atoms with van der Waals surface area (Å²) >= 11 is 0. The van der Waals surface area contributed by atoms with Crippen LogP contribution < -0.4 is 10.5 Å². The summed E-state index contributed by atoms with van der Waals surface area (Å²) in [6.45, 7) is 3.66. The van der Waals surface area contributed by atoms with E-state index in [2.05, 4.69) is 21.0 Å². The molecule has 0 saturated carbocycles. The third-order valence-electron chi connectivity index (χ3n) is 3.76. The summed E-state index contributed by atoms with van der Waals surface area (Å²) in [6, 6.07) is 7.69. The predicted octanol–water partition coefficient (Wildman–Crippen LogP) is 1.62. The molecule has 3 rings (SSSR count). The molecule has 0 spiro atoms. The van der Waals surface area contributed by atoms with Gasteiger partial charge < -0.3 is 4.90 Å². The molecule has 1 atom stereocenters. The van der Waals surface area contributed by atoms with E-state index in [0.29, 0.717) is 12.6 Å². The van der Waals surface area contributed by atoms with E-state index in [9.17, 15) is 4.79 Å². The van der Waals surface area contributed by atoms with Gasteiger partial charge in [-0.3, -0.25) is 9.78 Å². The van der Waals surface area contributed by atoms with Crippen LogP contribution in [-0.2, 0) is 6.54 Å². The van der Waals surface area contributed by atoms with Crippen molar-refractivity contribution in [3.63, 3.8) is 0 Å². The van der Waals surface area contributed by atoms with Crippen molar-refractivity contribution in [2.75, 3.05) is 11.4 Å². The summed E-state index contributed by atoms with van der Waals surface area (Å²) in [6.07, 6.45) is 5.74. The molecule has 0 amide bonds. The molecule has 2 aromatic heterocycles. The van der Waals surface area contributed by atoms with Gasteiger partial charge in [0.25, 0.3) is 5.56 Å². The molecule has 1 fully saturated rings. The van der Waals surface area contributed by atoms with Crippen molar-refractivity contribution in [1.82, 2.24) is 14.8 Å². The number of aryl methyl sites for hydroxylation is 1.